The third-order valence-corrected chi connectivity index (χ3v) is 7.02. The van der Waals surface area contributed by atoms with E-state index in [9.17, 15) is 40.5 Å². The van der Waals surface area contributed by atoms with Crippen molar-refractivity contribution in [3.05, 3.63) is 137 Å². The molecule has 0 saturated carbocycles. The molecule has 0 radical (unpaired) electrons. The van der Waals surface area contributed by atoms with E-state index in [2.05, 4.69) is 5.32 Å². The average Bonchev–Trinajstić information content (AvgIpc) is 2.99. The molecule has 14 nitrogen and oxygen atoms in total. The van der Waals surface area contributed by atoms with Crippen LogP contribution in [0.5, 0.6) is 0 Å². The van der Waals surface area contributed by atoms with E-state index in [-0.39, 0.29) is 31.0 Å². The molecular formula is C29H22N6O8. The molecule has 14 heteroatoms. The number of hydrogen-bond acceptors (Lipinski definition) is 10. The molecule has 0 aliphatic carbocycles. The van der Waals surface area contributed by atoms with Gasteiger partial charge in [-0.3, -0.25) is 40.5 Å². The van der Waals surface area contributed by atoms with Gasteiger partial charge in [0, 0.05) is 31.8 Å². The number of nitrogens with one attached hydrogen (secondary N) is 1. The van der Waals surface area contributed by atoms with E-state index >= 15 is 0 Å². The molecule has 0 atom stereocenters. The molecule has 0 saturated heterocycles. The maximum absolute atomic E-state index is 12.1. The molecular weight excluding hydrogens is 560 g/mol. The second kappa shape index (κ2) is 11.7. The summed E-state index contributed by atoms with van der Waals surface area (Å²) in [5, 5.41) is 52.9. The normalized spacial score (nSPS) is 10.9. The van der Waals surface area contributed by atoms with Crippen LogP contribution < -0.4 is 10.2 Å². The van der Waals surface area contributed by atoms with E-state index in [1.165, 1.54) is 18.2 Å². The molecule has 0 aliphatic rings. The van der Waals surface area contributed by atoms with Crippen LogP contribution in [0, 0.1) is 40.5 Å². The largest absolute Gasteiger partial charge is 0.378 e. The van der Waals surface area contributed by atoms with Gasteiger partial charge in [-0.25, -0.2) is 0 Å². The van der Waals surface area contributed by atoms with Gasteiger partial charge >= 0.3 is 0 Å². The summed E-state index contributed by atoms with van der Waals surface area (Å²) in [6.07, 6.45) is 0. The van der Waals surface area contributed by atoms with Crippen molar-refractivity contribution in [3.63, 3.8) is 0 Å². The summed E-state index contributed by atoms with van der Waals surface area (Å²) in [6, 6.07) is 24.0. The zero-order chi connectivity index (χ0) is 30.7. The molecule has 0 aliphatic heterocycles. The lowest BCUT2D eigenvalue weighted by molar-refractivity contribution is -0.394. The molecule has 1 N–H and O–H groups in total. The van der Waals surface area contributed by atoms with Crippen molar-refractivity contribution in [2.45, 2.75) is 6.54 Å². The van der Waals surface area contributed by atoms with E-state index < -0.39 is 42.4 Å². The number of benzene rings is 5. The van der Waals surface area contributed by atoms with Crippen molar-refractivity contribution in [1.82, 2.24) is 0 Å². The number of hydrogen-bond donors (Lipinski definition) is 1. The summed E-state index contributed by atoms with van der Waals surface area (Å²) in [5.74, 6) is 0. The van der Waals surface area contributed by atoms with Crippen LogP contribution in [0.2, 0.25) is 0 Å². The van der Waals surface area contributed by atoms with Gasteiger partial charge in [0.1, 0.15) is 11.4 Å². The van der Waals surface area contributed by atoms with Crippen molar-refractivity contribution in [1.29, 1.82) is 0 Å². The number of non-ortho nitro benzene ring substituents is 2. The van der Waals surface area contributed by atoms with Crippen LogP contribution in [0.3, 0.4) is 0 Å². The summed E-state index contributed by atoms with van der Waals surface area (Å²) >= 11 is 0. The predicted molar refractivity (Wildman–Crippen MR) is 160 cm³/mol. The molecule has 43 heavy (non-hydrogen) atoms. The molecule has 0 spiro atoms. The van der Waals surface area contributed by atoms with Crippen LogP contribution in [0.15, 0.2) is 91.0 Å². The lowest BCUT2D eigenvalue weighted by atomic mass is 9.96. The molecule has 0 unspecified atom stereocenters. The Morgan fingerprint density at radius 3 is 1.70 bits per heavy atom. The minimum absolute atomic E-state index is 0.0318. The predicted octanol–water partition coefficient (Wildman–Crippen LogP) is 6.74. The van der Waals surface area contributed by atoms with E-state index in [4.69, 9.17) is 0 Å². The summed E-state index contributed by atoms with van der Waals surface area (Å²) in [6.45, 7) is 0.268. The van der Waals surface area contributed by atoms with Crippen molar-refractivity contribution in [3.8, 4) is 0 Å². The van der Waals surface area contributed by atoms with E-state index in [0.717, 1.165) is 45.3 Å². The Labute approximate surface area is 242 Å². The van der Waals surface area contributed by atoms with E-state index in [0.29, 0.717) is 0 Å². The fourth-order valence-corrected chi connectivity index (χ4v) is 5.05. The van der Waals surface area contributed by atoms with E-state index in [1.807, 2.05) is 54.6 Å². The molecule has 5 aromatic carbocycles. The molecule has 0 heterocycles. The minimum atomic E-state index is -0.740. The second-order valence-electron chi connectivity index (χ2n) is 9.55. The van der Waals surface area contributed by atoms with E-state index in [1.54, 1.807) is 4.90 Å². The van der Waals surface area contributed by atoms with Crippen molar-refractivity contribution >= 4 is 55.7 Å². The quantitative estimate of drug-likeness (QED) is 0.0991. The molecule has 216 valence electrons. The van der Waals surface area contributed by atoms with Crippen molar-refractivity contribution in [2.24, 2.45) is 0 Å². The van der Waals surface area contributed by atoms with Gasteiger partial charge in [-0.05, 0) is 45.3 Å². The maximum atomic E-state index is 12.1. The Hall–Kier alpha value is -6.18. The van der Waals surface area contributed by atoms with Crippen LogP contribution in [0.25, 0.3) is 21.5 Å². The van der Waals surface area contributed by atoms with Gasteiger partial charge < -0.3 is 10.2 Å². The first kappa shape index (κ1) is 28.4. The fourth-order valence-electron chi connectivity index (χ4n) is 5.05. The third-order valence-electron chi connectivity index (χ3n) is 7.02. The molecule has 0 fully saturated rings. The Balaban J connectivity index is 1.58. The molecule has 0 bridgehead atoms. The van der Waals surface area contributed by atoms with Crippen LogP contribution in [0.4, 0.5) is 34.1 Å². The first-order chi connectivity index (χ1) is 20.6. The van der Waals surface area contributed by atoms with Crippen molar-refractivity contribution in [2.75, 3.05) is 23.3 Å². The second-order valence-corrected chi connectivity index (χ2v) is 9.55. The Bertz CT molecular complexity index is 1880. The fraction of sp³-hybridized carbons (Fsp3) is 0.103. The lowest BCUT2D eigenvalue weighted by Crippen LogP contribution is -2.29. The number of rotatable bonds is 11. The summed E-state index contributed by atoms with van der Waals surface area (Å²) in [5.41, 5.74) is -0.837. The van der Waals surface area contributed by atoms with Crippen LogP contribution in [-0.4, -0.2) is 32.8 Å². The summed E-state index contributed by atoms with van der Waals surface area (Å²) in [7, 11) is 0. The van der Waals surface area contributed by atoms with Crippen LogP contribution in [0.1, 0.15) is 5.56 Å². The summed E-state index contributed by atoms with van der Waals surface area (Å²) in [4.78, 5) is 45.0. The first-order valence-corrected chi connectivity index (χ1v) is 12.9. The third kappa shape index (κ3) is 5.83. The van der Waals surface area contributed by atoms with Gasteiger partial charge in [-0.15, -0.1) is 0 Å². The van der Waals surface area contributed by atoms with Gasteiger partial charge in [0.05, 0.1) is 31.8 Å². The average molecular weight is 583 g/mol. The SMILES string of the molecule is O=[N+]([O-])c1ccc(NCCN(Cc2c3ccccc3cc3ccccc23)c2ccc([N+](=O)[O-])cc2[N+](=O)[O-])c([N+](=O)[O-])c1. The maximum Gasteiger partial charge on any atom is 0.299 e. The zero-order valence-corrected chi connectivity index (χ0v) is 22.3. The highest BCUT2D eigenvalue weighted by Crippen LogP contribution is 2.36. The number of fused-ring (bicyclic) bond motifs is 2. The number of nitrogens with zero attached hydrogens (tertiary/aromatic N) is 5. The zero-order valence-electron chi connectivity index (χ0n) is 22.3. The monoisotopic (exact) mass is 582 g/mol. The Morgan fingerprint density at radius 2 is 1.14 bits per heavy atom. The standard InChI is InChI=1S/C29H22N6O8/c36-32(37)21-9-11-26(28(16-21)34(40)41)30-13-14-31(27-12-10-22(33(38)39)17-29(27)35(42)43)18-25-23-7-3-1-5-19(23)15-20-6-2-4-8-24(20)25/h1-12,15-17,30H,13-14,18H2. The molecule has 5 rings (SSSR count). The highest BCUT2D eigenvalue weighted by atomic mass is 16.6. The number of nitro groups is 4. The van der Waals surface area contributed by atoms with Gasteiger partial charge in [-0.2, -0.15) is 0 Å². The number of nitro benzene ring substituents is 4. The van der Waals surface area contributed by atoms with Gasteiger partial charge in [-0.1, -0.05) is 48.5 Å². The Kier molecular flexibility index (Phi) is 7.74. The van der Waals surface area contributed by atoms with Gasteiger partial charge in [0.15, 0.2) is 0 Å². The van der Waals surface area contributed by atoms with Gasteiger partial charge in [0.2, 0.25) is 0 Å². The molecule has 0 amide bonds. The van der Waals surface area contributed by atoms with Crippen molar-refractivity contribution < 1.29 is 19.7 Å². The van der Waals surface area contributed by atoms with Crippen LogP contribution in [-0.2, 0) is 6.54 Å². The lowest BCUT2D eigenvalue weighted by Gasteiger charge is -2.26. The molecule has 0 aromatic heterocycles. The topological polar surface area (TPSA) is 188 Å². The minimum Gasteiger partial charge on any atom is -0.378 e. The first-order valence-electron chi connectivity index (χ1n) is 12.9. The Morgan fingerprint density at radius 1 is 0.605 bits per heavy atom. The van der Waals surface area contributed by atoms with Gasteiger partial charge in [0.25, 0.3) is 22.7 Å². The highest BCUT2D eigenvalue weighted by molar-refractivity contribution is 6.02. The highest BCUT2D eigenvalue weighted by Gasteiger charge is 2.25. The molecule has 5 aromatic rings. The number of anilines is 2. The smallest absolute Gasteiger partial charge is 0.299 e. The van der Waals surface area contributed by atoms with Crippen LogP contribution >= 0.6 is 0 Å². The summed E-state index contributed by atoms with van der Waals surface area (Å²) < 4.78 is 0.